The number of hydrogen-bond donors (Lipinski definition) is 2. The molecule has 1 aliphatic rings. The van der Waals surface area contributed by atoms with Gasteiger partial charge in [-0.25, -0.2) is 0 Å². The van der Waals surface area contributed by atoms with Gasteiger partial charge in [0.1, 0.15) is 0 Å². The number of likely N-dealkylation sites (N-methyl/N-ethyl adjacent to an activating group) is 1. The molecule has 2 rings (SSSR count). The predicted octanol–water partition coefficient (Wildman–Crippen LogP) is 0.902. The Morgan fingerprint density at radius 1 is 1.35 bits per heavy atom. The van der Waals surface area contributed by atoms with E-state index in [0.717, 1.165) is 19.5 Å². The summed E-state index contributed by atoms with van der Waals surface area (Å²) in [6, 6.07) is 7.05. The van der Waals surface area contributed by atoms with Gasteiger partial charge in [0, 0.05) is 37.8 Å². The highest BCUT2D eigenvalue weighted by atomic mass is 35.5. The molecule has 0 spiro atoms. The number of nitrogens with zero attached hydrogens (tertiary/aromatic N) is 1. The predicted molar refractivity (Wildman–Crippen MR) is 80.4 cm³/mol. The molecular formula is C14H20ClN3O2. The molecule has 0 aromatic heterocycles. The Morgan fingerprint density at radius 3 is 2.65 bits per heavy atom. The molecule has 0 aliphatic carbocycles. The lowest BCUT2D eigenvalue weighted by Gasteiger charge is -2.24. The molecule has 2 amide bonds. The van der Waals surface area contributed by atoms with Crippen LogP contribution in [0.4, 0.5) is 0 Å². The summed E-state index contributed by atoms with van der Waals surface area (Å²) in [5, 5.41) is 5.80. The van der Waals surface area contributed by atoms with Crippen LogP contribution in [0.3, 0.4) is 0 Å². The highest BCUT2D eigenvalue weighted by molar-refractivity contribution is 5.99. The summed E-state index contributed by atoms with van der Waals surface area (Å²) in [4.78, 5) is 25.7. The Hall–Kier alpha value is -1.59. The molecule has 1 aliphatic heterocycles. The smallest absolute Gasteiger partial charge is 0.253 e. The zero-order valence-electron chi connectivity index (χ0n) is 11.7. The summed E-state index contributed by atoms with van der Waals surface area (Å²) >= 11 is 0. The molecule has 2 N–H and O–H groups in total. The van der Waals surface area contributed by atoms with Crippen LogP contribution in [0.25, 0.3) is 0 Å². The third kappa shape index (κ3) is 3.49. The number of carbonyl (C=O) groups is 2. The number of hydrogen-bond acceptors (Lipinski definition) is 3. The molecule has 1 saturated heterocycles. The lowest BCUT2D eigenvalue weighted by molar-refractivity contribution is 0.0744. The van der Waals surface area contributed by atoms with E-state index in [2.05, 4.69) is 10.6 Å². The van der Waals surface area contributed by atoms with Crippen LogP contribution in [0.1, 0.15) is 27.1 Å². The van der Waals surface area contributed by atoms with E-state index in [0.29, 0.717) is 11.1 Å². The van der Waals surface area contributed by atoms with E-state index < -0.39 is 0 Å². The van der Waals surface area contributed by atoms with Crippen molar-refractivity contribution in [2.75, 3.05) is 27.2 Å². The molecule has 0 radical (unpaired) electrons. The Kier molecular flexibility index (Phi) is 5.98. The first-order valence-corrected chi connectivity index (χ1v) is 6.43. The second-order valence-corrected chi connectivity index (χ2v) is 4.72. The van der Waals surface area contributed by atoms with Gasteiger partial charge in [-0.3, -0.25) is 9.59 Å². The standard InChI is InChI=1S/C14H19N3O2.ClH/c1-15-13(18)10-4-3-5-11(8-10)14(19)17(2)12-6-7-16-9-12;/h3-5,8,12,16H,6-7,9H2,1-2H3,(H,15,18);1H. The molecule has 20 heavy (non-hydrogen) atoms. The highest BCUT2D eigenvalue weighted by Gasteiger charge is 2.24. The average molecular weight is 298 g/mol. The van der Waals surface area contributed by atoms with E-state index in [1.807, 2.05) is 7.05 Å². The fraction of sp³-hybridized carbons (Fsp3) is 0.429. The molecule has 6 heteroatoms. The van der Waals surface area contributed by atoms with Gasteiger partial charge in [0.25, 0.3) is 11.8 Å². The third-order valence-corrected chi connectivity index (χ3v) is 3.50. The second-order valence-electron chi connectivity index (χ2n) is 4.72. The van der Waals surface area contributed by atoms with Gasteiger partial charge in [-0.15, -0.1) is 12.4 Å². The van der Waals surface area contributed by atoms with E-state index >= 15 is 0 Å². The van der Waals surface area contributed by atoms with Gasteiger partial charge in [-0.1, -0.05) is 6.07 Å². The summed E-state index contributed by atoms with van der Waals surface area (Å²) in [7, 11) is 3.39. The summed E-state index contributed by atoms with van der Waals surface area (Å²) in [6.45, 7) is 1.78. The minimum Gasteiger partial charge on any atom is -0.355 e. The van der Waals surface area contributed by atoms with Crippen LogP contribution in [0.2, 0.25) is 0 Å². The van der Waals surface area contributed by atoms with Gasteiger partial charge in [0.05, 0.1) is 0 Å². The van der Waals surface area contributed by atoms with Gasteiger partial charge >= 0.3 is 0 Å². The van der Waals surface area contributed by atoms with Gasteiger partial charge in [0.2, 0.25) is 0 Å². The maximum absolute atomic E-state index is 12.4. The van der Waals surface area contributed by atoms with E-state index in [-0.39, 0.29) is 30.3 Å². The first kappa shape index (κ1) is 16.5. The van der Waals surface area contributed by atoms with Crippen molar-refractivity contribution in [1.82, 2.24) is 15.5 Å². The topological polar surface area (TPSA) is 61.4 Å². The molecule has 1 aromatic rings. The average Bonchev–Trinajstić information content (AvgIpc) is 2.99. The van der Waals surface area contributed by atoms with Crippen molar-refractivity contribution in [3.8, 4) is 0 Å². The Bertz CT molecular complexity index is 487. The van der Waals surface area contributed by atoms with Gasteiger partial charge in [0.15, 0.2) is 0 Å². The number of benzene rings is 1. The van der Waals surface area contributed by atoms with Crippen molar-refractivity contribution in [2.24, 2.45) is 0 Å². The van der Waals surface area contributed by atoms with E-state index in [4.69, 9.17) is 0 Å². The van der Waals surface area contributed by atoms with Crippen LogP contribution >= 0.6 is 12.4 Å². The molecule has 0 saturated carbocycles. The van der Waals surface area contributed by atoms with Crippen molar-refractivity contribution in [3.05, 3.63) is 35.4 Å². The third-order valence-electron chi connectivity index (χ3n) is 3.50. The Balaban J connectivity index is 0.00000200. The van der Waals surface area contributed by atoms with Crippen LogP contribution in [0.15, 0.2) is 24.3 Å². The molecule has 5 nitrogen and oxygen atoms in total. The van der Waals surface area contributed by atoms with Crippen molar-refractivity contribution < 1.29 is 9.59 Å². The van der Waals surface area contributed by atoms with Gasteiger partial charge in [-0.05, 0) is 31.2 Å². The quantitative estimate of drug-likeness (QED) is 0.871. The van der Waals surface area contributed by atoms with Crippen molar-refractivity contribution >= 4 is 24.2 Å². The summed E-state index contributed by atoms with van der Waals surface area (Å²) in [6.07, 6.45) is 0.970. The fourth-order valence-corrected chi connectivity index (χ4v) is 2.28. The molecule has 1 fully saturated rings. The maximum Gasteiger partial charge on any atom is 0.253 e. The van der Waals surface area contributed by atoms with Gasteiger partial charge < -0.3 is 15.5 Å². The zero-order valence-corrected chi connectivity index (χ0v) is 12.5. The van der Waals surface area contributed by atoms with Crippen LogP contribution < -0.4 is 10.6 Å². The van der Waals surface area contributed by atoms with Crippen LogP contribution in [-0.4, -0.2) is 49.9 Å². The van der Waals surface area contributed by atoms with Crippen molar-refractivity contribution in [3.63, 3.8) is 0 Å². The van der Waals surface area contributed by atoms with E-state index in [9.17, 15) is 9.59 Å². The molecule has 110 valence electrons. The Labute approximate surface area is 125 Å². The minimum absolute atomic E-state index is 0. The summed E-state index contributed by atoms with van der Waals surface area (Å²) in [5.74, 6) is -0.223. The number of halogens is 1. The largest absolute Gasteiger partial charge is 0.355 e. The van der Waals surface area contributed by atoms with E-state index in [1.165, 1.54) is 0 Å². The van der Waals surface area contributed by atoms with Crippen LogP contribution in [0.5, 0.6) is 0 Å². The molecule has 1 unspecified atom stereocenters. The lowest BCUT2D eigenvalue weighted by atomic mass is 10.1. The summed E-state index contributed by atoms with van der Waals surface area (Å²) in [5.41, 5.74) is 1.06. The zero-order chi connectivity index (χ0) is 13.8. The second kappa shape index (κ2) is 7.26. The molecule has 0 bridgehead atoms. The lowest BCUT2D eigenvalue weighted by Crippen LogP contribution is -2.38. The molecule has 1 heterocycles. The highest BCUT2D eigenvalue weighted by Crippen LogP contribution is 2.13. The first-order valence-electron chi connectivity index (χ1n) is 6.43. The SMILES string of the molecule is CNC(=O)c1cccc(C(=O)N(C)C2CCNC2)c1.Cl. The molecular weight excluding hydrogens is 278 g/mol. The minimum atomic E-state index is -0.181. The monoisotopic (exact) mass is 297 g/mol. The number of nitrogens with one attached hydrogen (secondary N) is 2. The number of carbonyl (C=O) groups excluding carboxylic acids is 2. The van der Waals surface area contributed by atoms with Crippen LogP contribution in [-0.2, 0) is 0 Å². The fourth-order valence-electron chi connectivity index (χ4n) is 2.28. The van der Waals surface area contributed by atoms with E-state index in [1.54, 1.807) is 36.2 Å². The molecule has 1 atom stereocenters. The normalized spacial score (nSPS) is 17.2. The number of amides is 2. The first-order chi connectivity index (χ1) is 9.13. The number of rotatable bonds is 3. The van der Waals surface area contributed by atoms with Crippen LogP contribution in [0, 0.1) is 0 Å². The Morgan fingerprint density at radius 2 is 2.05 bits per heavy atom. The van der Waals surface area contributed by atoms with Crippen molar-refractivity contribution in [2.45, 2.75) is 12.5 Å². The molecule has 1 aromatic carbocycles. The maximum atomic E-state index is 12.4. The van der Waals surface area contributed by atoms with Gasteiger partial charge in [-0.2, -0.15) is 0 Å². The van der Waals surface area contributed by atoms with Crippen molar-refractivity contribution in [1.29, 1.82) is 0 Å². The summed E-state index contributed by atoms with van der Waals surface area (Å²) < 4.78 is 0.